The van der Waals surface area contributed by atoms with E-state index in [1.54, 1.807) is 0 Å². The van der Waals surface area contributed by atoms with Crippen LogP contribution < -0.4 is 14.7 Å². The molecule has 0 saturated carbocycles. The third kappa shape index (κ3) is 5.51. The Balaban J connectivity index is 1.15. The first-order valence-corrected chi connectivity index (χ1v) is 19.5. The van der Waals surface area contributed by atoms with E-state index in [9.17, 15) is 0 Å². The van der Waals surface area contributed by atoms with Gasteiger partial charge in [-0.05, 0) is 128 Å². The van der Waals surface area contributed by atoms with Gasteiger partial charge in [0.05, 0.1) is 22.7 Å². The minimum absolute atomic E-state index is 1.08. The highest BCUT2D eigenvalue weighted by atomic mass is 15.3. The summed E-state index contributed by atoms with van der Waals surface area (Å²) in [5.41, 5.74) is 12.4. The van der Waals surface area contributed by atoms with Crippen LogP contribution in [0.1, 0.15) is 0 Å². The van der Waals surface area contributed by atoms with Crippen molar-refractivity contribution in [1.29, 1.82) is 0 Å². The van der Waals surface area contributed by atoms with Crippen molar-refractivity contribution >= 4 is 83.5 Å². The van der Waals surface area contributed by atoms with Crippen LogP contribution in [0.3, 0.4) is 0 Å². The molecule has 0 bridgehead atoms. The molecule has 0 aromatic heterocycles. The van der Waals surface area contributed by atoms with Crippen LogP contribution in [0.15, 0.2) is 224 Å². The molecule has 0 amide bonds. The molecule has 0 unspecified atom stereocenters. The molecule has 57 heavy (non-hydrogen) atoms. The van der Waals surface area contributed by atoms with Crippen LogP contribution in [0.2, 0.25) is 0 Å². The Labute approximate surface area is 332 Å². The van der Waals surface area contributed by atoms with Gasteiger partial charge in [-0.1, -0.05) is 140 Å². The summed E-state index contributed by atoms with van der Waals surface area (Å²) < 4.78 is 0. The van der Waals surface area contributed by atoms with Gasteiger partial charge in [-0.15, -0.1) is 0 Å². The fraction of sp³-hybridized carbons (Fsp3) is 0. The largest absolute Gasteiger partial charge is 0.310 e. The highest BCUT2D eigenvalue weighted by molar-refractivity contribution is 6.26. The van der Waals surface area contributed by atoms with Crippen molar-refractivity contribution in [2.24, 2.45) is 0 Å². The Morgan fingerprint density at radius 1 is 0.246 bits per heavy atom. The Morgan fingerprint density at radius 2 is 0.719 bits per heavy atom. The lowest BCUT2D eigenvalue weighted by Gasteiger charge is -2.41. The van der Waals surface area contributed by atoms with E-state index in [2.05, 4.69) is 239 Å². The van der Waals surface area contributed by atoms with Gasteiger partial charge in [0.1, 0.15) is 0 Å². The van der Waals surface area contributed by atoms with Crippen LogP contribution in [-0.4, -0.2) is 0 Å². The number of hydrogen-bond donors (Lipinski definition) is 0. The van der Waals surface area contributed by atoms with Gasteiger partial charge in [0.15, 0.2) is 0 Å². The van der Waals surface area contributed by atoms with E-state index in [4.69, 9.17) is 0 Å². The van der Waals surface area contributed by atoms with Gasteiger partial charge in [0, 0.05) is 28.4 Å². The van der Waals surface area contributed by atoms with Gasteiger partial charge in [-0.2, -0.15) is 0 Å². The maximum atomic E-state index is 2.45. The first kappa shape index (κ1) is 32.8. The van der Waals surface area contributed by atoms with Gasteiger partial charge in [-0.3, -0.25) is 0 Å². The van der Waals surface area contributed by atoms with Crippen molar-refractivity contribution in [2.75, 3.05) is 14.7 Å². The molecule has 10 aromatic rings. The van der Waals surface area contributed by atoms with Crippen LogP contribution in [0.5, 0.6) is 0 Å². The summed E-state index contributed by atoms with van der Waals surface area (Å²) in [6.07, 6.45) is 0. The van der Waals surface area contributed by atoms with Crippen molar-refractivity contribution in [3.8, 4) is 11.1 Å². The highest BCUT2D eigenvalue weighted by Crippen LogP contribution is 2.56. The standard InChI is InChI=1S/C54H37N3/c1-5-17-38(18-6-1)39-29-32-48-49(35-39)46-26-14-13-25-45(46)47-33-30-43(36-50(47)48)57-52-28-16-15-27-51(52)56(42-23-11-4-12-24-42)54-37-44(31-34-53(54)57)55(40-19-7-2-8-20-40)41-21-9-3-10-22-41/h1-37H. The number of para-hydroxylation sites is 5. The van der Waals surface area contributed by atoms with Crippen molar-refractivity contribution in [2.45, 2.75) is 0 Å². The molecular formula is C54H37N3. The number of fused-ring (bicyclic) bond motifs is 8. The molecular weight excluding hydrogens is 691 g/mol. The molecule has 11 rings (SSSR count). The first-order valence-electron chi connectivity index (χ1n) is 19.5. The van der Waals surface area contributed by atoms with Gasteiger partial charge in [0.2, 0.25) is 0 Å². The van der Waals surface area contributed by atoms with Gasteiger partial charge >= 0.3 is 0 Å². The zero-order valence-electron chi connectivity index (χ0n) is 31.2. The van der Waals surface area contributed by atoms with E-state index < -0.39 is 0 Å². The fourth-order valence-corrected chi connectivity index (χ4v) is 8.75. The minimum Gasteiger partial charge on any atom is -0.310 e. The van der Waals surface area contributed by atoms with E-state index in [0.717, 1.165) is 51.2 Å². The van der Waals surface area contributed by atoms with Crippen LogP contribution in [-0.2, 0) is 0 Å². The second-order valence-electron chi connectivity index (χ2n) is 14.6. The molecule has 1 heterocycles. The molecule has 1 aliphatic heterocycles. The number of rotatable bonds is 6. The number of anilines is 9. The lowest BCUT2D eigenvalue weighted by Crippen LogP contribution is -2.24. The summed E-state index contributed by atoms with van der Waals surface area (Å²) >= 11 is 0. The molecule has 268 valence electrons. The van der Waals surface area contributed by atoms with Crippen molar-refractivity contribution in [3.05, 3.63) is 224 Å². The molecule has 0 spiro atoms. The van der Waals surface area contributed by atoms with E-state index in [1.165, 1.54) is 43.4 Å². The SMILES string of the molecule is c1ccc(-c2ccc3c(c2)c2ccccc2c2ccc(N4c5ccccc5N(c5ccccc5)c5cc(N(c6ccccc6)c6ccccc6)ccc54)cc23)cc1. The van der Waals surface area contributed by atoms with E-state index in [0.29, 0.717) is 0 Å². The average Bonchev–Trinajstić information content (AvgIpc) is 3.29. The molecule has 0 radical (unpaired) electrons. The smallest absolute Gasteiger partial charge is 0.0724 e. The zero-order valence-corrected chi connectivity index (χ0v) is 31.2. The summed E-state index contributed by atoms with van der Waals surface area (Å²) in [7, 11) is 0. The van der Waals surface area contributed by atoms with Gasteiger partial charge in [-0.25, -0.2) is 0 Å². The molecule has 0 N–H and O–H groups in total. The van der Waals surface area contributed by atoms with Crippen molar-refractivity contribution in [3.63, 3.8) is 0 Å². The Kier molecular flexibility index (Phi) is 7.82. The molecule has 10 aromatic carbocycles. The summed E-state index contributed by atoms with van der Waals surface area (Å²) in [4.78, 5) is 7.20. The summed E-state index contributed by atoms with van der Waals surface area (Å²) in [5.74, 6) is 0. The van der Waals surface area contributed by atoms with Crippen LogP contribution in [0, 0.1) is 0 Å². The fourth-order valence-electron chi connectivity index (χ4n) is 8.75. The lowest BCUT2D eigenvalue weighted by molar-refractivity contribution is 1.16. The van der Waals surface area contributed by atoms with Crippen LogP contribution >= 0.6 is 0 Å². The summed E-state index contributed by atoms with van der Waals surface area (Å²) in [6, 6.07) is 81.2. The topological polar surface area (TPSA) is 9.72 Å². The van der Waals surface area contributed by atoms with E-state index in [1.807, 2.05) is 0 Å². The molecule has 1 aliphatic rings. The zero-order chi connectivity index (χ0) is 37.7. The van der Waals surface area contributed by atoms with Crippen LogP contribution in [0.4, 0.5) is 51.2 Å². The summed E-state index contributed by atoms with van der Waals surface area (Å²) in [6.45, 7) is 0. The predicted molar refractivity (Wildman–Crippen MR) is 242 cm³/mol. The average molecular weight is 728 g/mol. The minimum atomic E-state index is 1.08. The number of nitrogens with zero attached hydrogens (tertiary/aromatic N) is 3. The quantitative estimate of drug-likeness (QED) is 0.158. The van der Waals surface area contributed by atoms with Gasteiger partial charge < -0.3 is 14.7 Å². The number of hydrogen-bond acceptors (Lipinski definition) is 3. The lowest BCUT2D eigenvalue weighted by atomic mass is 9.91. The number of benzene rings is 10. The summed E-state index contributed by atoms with van der Waals surface area (Å²) in [5, 5.41) is 7.53. The monoisotopic (exact) mass is 727 g/mol. The third-order valence-corrected chi connectivity index (χ3v) is 11.3. The molecule has 0 atom stereocenters. The van der Waals surface area contributed by atoms with Gasteiger partial charge in [0.25, 0.3) is 0 Å². The second kappa shape index (κ2) is 13.6. The van der Waals surface area contributed by atoms with Crippen molar-refractivity contribution in [1.82, 2.24) is 0 Å². The Morgan fingerprint density at radius 3 is 1.39 bits per heavy atom. The second-order valence-corrected chi connectivity index (χ2v) is 14.6. The Hall–Kier alpha value is -7.62. The normalized spacial score (nSPS) is 12.1. The van der Waals surface area contributed by atoms with Crippen molar-refractivity contribution < 1.29 is 0 Å². The molecule has 3 heteroatoms. The van der Waals surface area contributed by atoms with E-state index in [-0.39, 0.29) is 0 Å². The molecule has 0 fully saturated rings. The molecule has 0 saturated heterocycles. The third-order valence-electron chi connectivity index (χ3n) is 11.3. The molecule has 0 aliphatic carbocycles. The van der Waals surface area contributed by atoms with E-state index >= 15 is 0 Å². The molecule has 3 nitrogen and oxygen atoms in total. The highest BCUT2D eigenvalue weighted by Gasteiger charge is 2.31. The Bertz CT molecular complexity index is 3030. The maximum absolute atomic E-state index is 2.45. The first-order chi connectivity index (χ1) is 28.3. The van der Waals surface area contributed by atoms with Crippen LogP contribution in [0.25, 0.3) is 43.4 Å². The maximum Gasteiger partial charge on any atom is 0.0724 e. The predicted octanol–water partition coefficient (Wildman–Crippen LogP) is 15.5.